The Hall–Kier alpha value is -3.01. The zero-order valence-electron chi connectivity index (χ0n) is 15.1. The number of thiophene rings is 1. The third-order valence-corrected chi connectivity index (χ3v) is 5.67. The van der Waals surface area contributed by atoms with E-state index >= 15 is 0 Å². The number of hydrogen-bond acceptors (Lipinski definition) is 7. The van der Waals surface area contributed by atoms with Gasteiger partial charge in [0.05, 0.1) is 15.3 Å². The molecule has 3 rings (SSSR count). The monoisotopic (exact) mass is 431 g/mol. The van der Waals surface area contributed by atoms with E-state index in [4.69, 9.17) is 14.6 Å². The van der Waals surface area contributed by atoms with Crippen molar-refractivity contribution in [3.8, 4) is 5.75 Å². The Bertz CT molecular complexity index is 1110. The average Bonchev–Trinajstić information content (AvgIpc) is 3.25. The van der Waals surface area contributed by atoms with E-state index < -0.39 is 16.0 Å². The highest BCUT2D eigenvalue weighted by Crippen LogP contribution is 2.19. The number of rotatable bonds is 8. The van der Waals surface area contributed by atoms with E-state index in [9.17, 15) is 18.0 Å². The second-order valence-corrected chi connectivity index (χ2v) is 8.36. The molecule has 1 aromatic heterocycles. The molecule has 0 aliphatic heterocycles. The Kier molecular flexibility index (Phi) is 6.42. The van der Waals surface area contributed by atoms with Crippen molar-refractivity contribution in [3.05, 3.63) is 82.0 Å². The van der Waals surface area contributed by atoms with Crippen molar-refractivity contribution >= 4 is 33.1 Å². The van der Waals surface area contributed by atoms with Gasteiger partial charge >= 0.3 is 5.97 Å². The van der Waals surface area contributed by atoms with Crippen molar-refractivity contribution in [2.45, 2.75) is 4.90 Å². The van der Waals surface area contributed by atoms with Crippen molar-refractivity contribution in [1.29, 1.82) is 0 Å². The van der Waals surface area contributed by atoms with Crippen LogP contribution in [-0.4, -0.2) is 33.4 Å². The highest BCUT2D eigenvalue weighted by molar-refractivity contribution is 7.89. The molecule has 0 saturated carbocycles. The lowest BCUT2D eigenvalue weighted by atomic mass is 10.0. The number of carbonyl (C=O) groups excluding carboxylic acids is 2. The molecular formula is C20H17NO6S2. The first-order chi connectivity index (χ1) is 13.9. The van der Waals surface area contributed by atoms with Crippen molar-refractivity contribution in [3.63, 3.8) is 0 Å². The van der Waals surface area contributed by atoms with Crippen LogP contribution in [0.15, 0.2) is 70.9 Å². The van der Waals surface area contributed by atoms with Crippen LogP contribution >= 0.6 is 11.3 Å². The summed E-state index contributed by atoms with van der Waals surface area (Å²) in [5, 5.41) is 6.82. The maximum atomic E-state index is 12.6. The van der Waals surface area contributed by atoms with Gasteiger partial charge in [0, 0.05) is 5.56 Å². The molecule has 2 aromatic carbocycles. The highest BCUT2D eigenvalue weighted by atomic mass is 32.2. The van der Waals surface area contributed by atoms with Crippen LogP contribution < -0.4 is 9.88 Å². The summed E-state index contributed by atoms with van der Waals surface area (Å²) in [6, 6.07) is 15.5. The minimum Gasteiger partial charge on any atom is -0.490 e. The SMILES string of the molecule is NS(=O)(=O)c1ccc(OCCOC(=O)c2ccccc2C(=O)c2cccs2)cc1. The summed E-state index contributed by atoms with van der Waals surface area (Å²) in [6.45, 7) is 0.0127. The quantitative estimate of drug-likeness (QED) is 0.333. The Labute approximate surface area is 171 Å². The van der Waals surface area contributed by atoms with Crippen LogP contribution in [0.4, 0.5) is 0 Å². The Morgan fingerprint density at radius 2 is 1.59 bits per heavy atom. The molecule has 0 fully saturated rings. The number of esters is 1. The predicted octanol–water partition coefficient (Wildman–Crippen LogP) is 2.86. The van der Waals surface area contributed by atoms with Crippen LogP contribution in [0.3, 0.4) is 0 Å². The van der Waals surface area contributed by atoms with E-state index in [2.05, 4.69) is 0 Å². The molecule has 9 heteroatoms. The van der Waals surface area contributed by atoms with Crippen molar-refractivity contribution < 1.29 is 27.5 Å². The normalized spacial score (nSPS) is 11.1. The number of primary sulfonamides is 1. The molecule has 7 nitrogen and oxygen atoms in total. The molecule has 0 aliphatic carbocycles. The molecule has 0 atom stereocenters. The van der Waals surface area contributed by atoms with Gasteiger partial charge in [-0.15, -0.1) is 11.3 Å². The van der Waals surface area contributed by atoms with Gasteiger partial charge in [-0.2, -0.15) is 0 Å². The van der Waals surface area contributed by atoms with E-state index in [0.29, 0.717) is 10.6 Å². The molecule has 0 spiro atoms. The van der Waals surface area contributed by atoms with Crippen LogP contribution in [0.1, 0.15) is 25.6 Å². The first kappa shape index (κ1) is 20.7. The first-order valence-electron chi connectivity index (χ1n) is 8.46. The van der Waals surface area contributed by atoms with Crippen LogP contribution in [0.25, 0.3) is 0 Å². The number of nitrogens with two attached hydrogens (primary N) is 1. The first-order valence-corrected chi connectivity index (χ1v) is 10.9. The van der Waals surface area contributed by atoms with Gasteiger partial charge < -0.3 is 9.47 Å². The minimum absolute atomic E-state index is 0.0247. The summed E-state index contributed by atoms with van der Waals surface area (Å²) in [5.74, 6) is -0.459. The van der Waals surface area contributed by atoms with E-state index in [1.807, 2.05) is 0 Å². The smallest absolute Gasteiger partial charge is 0.339 e. The van der Waals surface area contributed by atoms with Gasteiger partial charge in [0.1, 0.15) is 19.0 Å². The van der Waals surface area contributed by atoms with Gasteiger partial charge in [-0.3, -0.25) is 4.79 Å². The topological polar surface area (TPSA) is 113 Å². The lowest BCUT2D eigenvalue weighted by molar-refractivity contribution is 0.0448. The summed E-state index contributed by atoms with van der Waals surface area (Å²) in [6.07, 6.45) is 0. The van der Waals surface area contributed by atoms with E-state index in [0.717, 1.165) is 0 Å². The van der Waals surface area contributed by atoms with Crippen molar-refractivity contribution in [2.24, 2.45) is 5.14 Å². The molecule has 150 valence electrons. The number of ketones is 1. The van der Waals surface area contributed by atoms with Gasteiger partial charge in [0.25, 0.3) is 0 Å². The number of benzene rings is 2. The maximum Gasteiger partial charge on any atom is 0.339 e. The van der Waals surface area contributed by atoms with Gasteiger partial charge in [-0.1, -0.05) is 24.3 Å². The summed E-state index contributed by atoms with van der Waals surface area (Å²) in [7, 11) is -3.77. The Morgan fingerprint density at radius 1 is 0.897 bits per heavy atom. The fraction of sp³-hybridized carbons (Fsp3) is 0.100. The zero-order valence-corrected chi connectivity index (χ0v) is 16.7. The molecule has 0 bridgehead atoms. The molecule has 0 aliphatic rings. The largest absolute Gasteiger partial charge is 0.490 e. The second-order valence-electron chi connectivity index (χ2n) is 5.85. The molecule has 1 heterocycles. The highest BCUT2D eigenvalue weighted by Gasteiger charge is 2.19. The number of ether oxygens (including phenoxy) is 2. The molecule has 0 saturated heterocycles. The molecule has 0 unspecified atom stereocenters. The van der Waals surface area contributed by atoms with Crippen molar-refractivity contribution in [2.75, 3.05) is 13.2 Å². The lowest BCUT2D eigenvalue weighted by Gasteiger charge is -2.10. The average molecular weight is 431 g/mol. The molecular weight excluding hydrogens is 414 g/mol. The standard InChI is InChI=1S/C20H17NO6S2/c21-29(24,25)15-9-7-14(8-10-15)26-11-12-27-20(23)17-5-2-1-4-16(17)19(22)18-6-3-13-28-18/h1-10,13H,11-12H2,(H2,21,24,25). The van der Waals surface area contributed by atoms with Gasteiger partial charge in [0.2, 0.25) is 15.8 Å². The fourth-order valence-electron chi connectivity index (χ4n) is 2.50. The van der Waals surface area contributed by atoms with Gasteiger partial charge in [-0.05, 0) is 41.8 Å². The summed E-state index contributed by atoms with van der Waals surface area (Å²) >= 11 is 1.30. The lowest BCUT2D eigenvalue weighted by Crippen LogP contribution is -2.16. The minimum atomic E-state index is -3.77. The predicted molar refractivity (Wildman–Crippen MR) is 108 cm³/mol. The second kappa shape index (κ2) is 8.99. The van der Waals surface area contributed by atoms with E-state index in [1.54, 1.807) is 35.7 Å². The summed E-state index contributed by atoms with van der Waals surface area (Å²) in [5.41, 5.74) is 0.461. The molecule has 29 heavy (non-hydrogen) atoms. The summed E-state index contributed by atoms with van der Waals surface area (Å²) < 4.78 is 33.1. The molecule has 0 radical (unpaired) electrons. The van der Waals surface area contributed by atoms with Crippen LogP contribution in [0.2, 0.25) is 0 Å². The van der Waals surface area contributed by atoms with Crippen LogP contribution in [0, 0.1) is 0 Å². The molecule has 0 amide bonds. The van der Waals surface area contributed by atoms with Gasteiger partial charge in [-0.25, -0.2) is 18.4 Å². The van der Waals surface area contributed by atoms with Crippen LogP contribution in [-0.2, 0) is 14.8 Å². The van der Waals surface area contributed by atoms with Crippen LogP contribution in [0.5, 0.6) is 5.75 Å². The molecule has 2 N–H and O–H groups in total. The zero-order chi connectivity index (χ0) is 20.9. The van der Waals surface area contributed by atoms with Crippen molar-refractivity contribution in [1.82, 2.24) is 0 Å². The third kappa shape index (κ3) is 5.29. The van der Waals surface area contributed by atoms with E-state index in [-0.39, 0.29) is 35.0 Å². The van der Waals surface area contributed by atoms with Gasteiger partial charge in [0.15, 0.2) is 0 Å². The Morgan fingerprint density at radius 3 is 2.21 bits per heavy atom. The van der Waals surface area contributed by atoms with E-state index in [1.165, 1.54) is 41.7 Å². The summed E-state index contributed by atoms with van der Waals surface area (Å²) in [4.78, 5) is 25.5. The third-order valence-electron chi connectivity index (χ3n) is 3.87. The number of carbonyl (C=O) groups is 2. The molecule has 3 aromatic rings. The fourth-order valence-corrected chi connectivity index (χ4v) is 3.69. The number of hydrogen-bond donors (Lipinski definition) is 1. The Balaban J connectivity index is 1.57. The number of sulfonamides is 1. The maximum absolute atomic E-state index is 12.6.